The van der Waals surface area contributed by atoms with E-state index in [-0.39, 0.29) is 17.7 Å². The van der Waals surface area contributed by atoms with Crippen LogP contribution in [0.5, 0.6) is 0 Å². The number of hydrogen-bond acceptors (Lipinski definition) is 3. The molecular formula is C21H15Cl2FN4O2. The summed E-state index contributed by atoms with van der Waals surface area (Å²) in [4.78, 5) is 30.4. The van der Waals surface area contributed by atoms with Crippen LogP contribution in [-0.2, 0) is 13.1 Å². The van der Waals surface area contributed by atoms with E-state index in [0.717, 1.165) is 10.1 Å². The monoisotopic (exact) mass is 444 g/mol. The summed E-state index contributed by atoms with van der Waals surface area (Å²) in [6.45, 7) is 3.93. The Labute approximate surface area is 180 Å². The van der Waals surface area contributed by atoms with Crippen LogP contribution in [0.25, 0.3) is 16.9 Å². The van der Waals surface area contributed by atoms with Gasteiger partial charge in [-0.05, 0) is 42.0 Å². The molecule has 0 saturated heterocycles. The molecule has 152 valence electrons. The second-order valence-corrected chi connectivity index (χ2v) is 7.41. The Morgan fingerprint density at radius 3 is 2.47 bits per heavy atom. The van der Waals surface area contributed by atoms with Crippen LogP contribution in [-0.4, -0.2) is 18.7 Å². The normalized spacial score (nSPS) is 11.2. The van der Waals surface area contributed by atoms with Gasteiger partial charge < -0.3 is 4.57 Å². The van der Waals surface area contributed by atoms with Crippen molar-refractivity contribution < 1.29 is 4.39 Å². The molecule has 9 heteroatoms. The zero-order valence-electron chi connectivity index (χ0n) is 15.6. The molecular weight excluding hydrogens is 430 g/mol. The third kappa shape index (κ3) is 3.46. The fraction of sp³-hybridized carbons (Fsp3) is 0.0952. The number of imidazole rings is 1. The van der Waals surface area contributed by atoms with Gasteiger partial charge in [-0.15, -0.1) is 6.58 Å². The van der Waals surface area contributed by atoms with Gasteiger partial charge in [0.2, 0.25) is 0 Å². The molecule has 2 aromatic heterocycles. The first kappa shape index (κ1) is 20.1. The lowest BCUT2D eigenvalue weighted by Gasteiger charge is -2.12. The van der Waals surface area contributed by atoms with Crippen LogP contribution in [0.15, 0.2) is 71.0 Å². The van der Waals surface area contributed by atoms with Crippen molar-refractivity contribution in [3.05, 3.63) is 104 Å². The van der Waals surface area contributed by atoms with Crippen molar-refractivity contribution in [1.29, 1.82) is 0 Å². The fourth-order valence-electron chi connectivity index (χ4n) is 3.25. The summed E-state index contributed by atoms with van der Waals surface area (Å²) < 4.78 is 17.4. The van der Waals surface area contributed by atoms with E-state index in [9.17, 15) is 14.0 Å². The van der Waals surface area contributed by atoms with Crippen LogP contribution in [0.4, 0.5) is 4.39 Å². The van der Waals surface area contributed by atoms with E-state index in [0.29, 0.717) is 22.3 Å². The average Bonchev–Trinajstić information content (AvgIpc) is 3.13. The second kappa shape index (κ2) is 7.93. The smallest absolute Gasteiger partial charge is 0.320 e. The Hall–Kier alpha value is -3.16. The molecule has 6 nitrogen and oxygen atoms in total. The summed E-state index contributed by atoms with van der Waals surface area (Å²) in [6.07, 6.45) is 2.94. The largest absolute Gasteiger partial charge is 0.337 e. The van der Waals surface area contributed by atoms with Crippen molar-refractivity contribution in [2.45, 2.75) is 13.1 Å². The zero-order chi connectivity index (χ0) is 21.4. The summed E-state index contributed by atoms with van der Waals surface area (Å²) >= 11 is 12.1. The Morgan fingerprint density at radius 1 is 1.07 bits per heavy atom. The standard InChI is InChI=1S/C21H15Cl2FN4O2/c1-2-9-27-20(29)18-19(28(21(27)30)15-6-4-14(24)5-7-15)25-12-26(18)11-13-3-8-16(22)17(23)10-13/h2-8,10,12H,1,9,11H2. The highest BCUT2D eigenvalue weighted by molar-refractivity contribution is 6.42. The lowest BCUT2D eigenvalue weighted by atomic mass is 10.2. The first-order valence-corrected chi connectivity index (χ1v) is 9.67. The molecule has 30 heavy (non-hydrogen) atoms. The van der Waals surface area contributed by atoms with E-state index in [1.807, 2.05) is 0 Å². The number of benzene rings is 2. The highest BCUT2D eigenvalue weighted by Crippen LogP contribution is 2.23. The van der Waals surface area contributed by atoms with E-state index in [2.05, 4.69) is 11.6 Å². The molecule has 4 aromatic rings. The van der Waals surface area contributed by atoms with Crippen molar-refractivity contribution in [1.82, 2.24) is 18.7 Å². The molecule has 0 aliphatic rings. The van der Waals surface area contributed by atoms with E-state index in [4.69, 9.17) is 23.2 Å². The second-order valence-electron chi connectivity index (χ2n) is 6.59. The van der Waals surface area contributed by atoms with E-state index in [1.54, 1.807) is 22.8 Å². The summed E-state index contributed by atoms with van der Waals surface area (Å²) in [5.41, 5.74) is 0.523. The topological polar surface area (TPSA) is 61.8 Å². The van der Waals surface area contributed by atoms with Crippen LogP contribution < -0.4 is 11.2 Å². The van der Waals surface area contributed by atoms with Gasteiger partial charge in [-0.25, -0.2) is 18.7 Å². The lowest BCUT2D eigenvalue weighted by Crippen LogP contribution is -2.39. The molecule has 0 aliphatic carbocycles. The summed E-state index contributed by atoms with van der Waals surface area (Å²) in [7, 11) is 0. The van der Waals surface area contributed by atoms with Crippen LogP contribution in [0.1, 0.15) is 5.56 Å². The SMILES string of the molecule is C=CCn1c(=O)c2c(ncn2Cc2ccc(Cl)c(Cl)c2)n(-c2ccc(F)cc2)c1=O. The quantitative estimate of drug-likeness (QED) is 0.436. The number of aromatic nitrogens is 4. The molecule has 0 aliphatic heterocycles. The number of hydrogen-bond donors (Lipinski definition) is 0. The molecule has 0 amide bonds. The Bertz CT molecular complexity index is 1390. The fourth-order valence-corrected chi connectivity index (χ4v) is 3.57. The zero-order valence-corrected chi connectivity index (χ0v) is 17.1. The van der Waals surface area contributed by atoms with Gasteiger partial charge in [0.15, 0.2) is 11.2 Å². The maximum absolute atomic E-state index is 13.4. The van der Waals surface area contributed by atoms with Gasteiger partial charge in [0.05, 0.1) is 22.1 Å². The Balaban J connectivity index is 1.97. The minimum absolute atomic E-state index is 0.0206. The van der Waals surface area contributed by atoms with Crippen LogP contribution in [0.2, 0.25) is 10.0 Å². The number of rotatable bonds is 5. The van der Waals surface area contributed by atoms with Crippen LogP contribution >= 0.6 is 23.2 Å². The Kier molecular flexibility index (Phi) is 5.32. The van der Waals surface area contributed by atoms with Gasteiger partial charge >= 0.3 is 5.69 Å². The maximum Gasteiger partial charge on any atom is 0.337 e. The minimum atomic E-state index is -0.584. The van der Waals surface area contributed by atoms with Crippen molar-refractivity contribution in [2.24, 2.45) is 0 Å². The lowest BCUT2D eigenvalue weighted by molar-refractivity contribution is 0.626. The van der Waals surface area contributed by atoms with Crippen molar-refractivity contribution in [3.63, 3.8) is 0 Å². The molecule has 2 heterocycles. The molecule has 0 spiro atoms. The number of nitrogens with zero attached hydrogens (tertiary/aromatic N) is 4. The van der Waals surface area contributed by atoms with Gasteiger partial charge in [0.1, 0.15) is 5.82 Å². The first-order valence-electron chi connectivity index (χ1n) is 8.92. The average molecular weight is 445 g/mol. The van der Waals surface area contributed by atoms with Crippen molar-refractivity contribution >= 4 is 34.4 Å². The Morgan fingerprint density at radius 2 is 1.80 bits per heavy atom. The van der Waals surface area contributed by atoms with E-state index < -0.39 is 17.1 Å². The van der Waals surface area contributed by atoms with Gasteiger partial charge in [-0.3, -0.25) is 9.36 Å². The van der Waals surface area contributed by atoms with Crippen LogP contribution in [0, 0.1) is 5.82 Å². The van der Waals surface area contributed by atoms with E-state index in [1.165, 1.54) is 41.2 Å². The first-order chi connectivity index (χ1) is 14.4. The molecule has 0 radical (unpaired) electrons. The summed E-state index contributed by atoms with van der Waals surface area (Å²) in [5, 5.41) is 0.820. The molecule has 0 bridgehead atoms. The molecule has 0 unspecified atom stereocenters. The molecule has 4 rings (SSSR count). The number of fused-ring (bicyclic) bond motifs is 1. The highest BCUT2D eigenvalue weighted by Gasteiger charge is 2.19. The molecule has 0 fully saturated rings. The van der Waals surface area contributed by atoms with Gasteiger partial charge in [-0.2, -0.15) is 0 Å². The van der Waals surface area contributed by atoms with E-state index >= 15 is 0 Å². The van der Waals surface area contributed by atoms with Crippen molar-refractivity contribution in [2.75, 3.05) is 0 Å². The predicted octanol–water partition coefficient (Wildman–Crippen LogP) is 4.03. The third-order valence-electron chi connectivity index (χ3n) is 4.63. The molecule has 0 atom stereocenters. The van der Waals surface area contributed by atoms with Gasteiger partial charge in [0.25, 0.3) is 5.56 Å². The van der Waals surface area contributed by atoms with Gasteiger partial charge in [0, 0.05) is 13.1 Å². The minimum Gasteiger partial charge on any atom is -0.320 e. The van der Waals surface area contributed by atoms with Gasteiger partial charge in [-0.1, -0.05) is 35.3 Å². The summed E-state index contributed by atoms with van der Waals surface area (Å²) in [6, 6.07) is 10.6. The van der Waals surface area contributed by atoms with Crippen LogP contribution in [0.3, 0.4) is 0 Å². The molecule has 0 saturated carbocycles. The molecule has 0 N–H and O–H groups in total. The number of halogens is 3. The maximum atomic E-state index is 13.4. The third-order valence-corrected chi connectivity index (χ3v) is 5.37. The molecule has 2 aromatic carbocycles. The highest BCUT2D eigenvalue weighted by atomic mass is 35.5. The number of allylic oxidation sites excluding steroid dienone is 1. The predicted molar refractivity (Wildman–Crippen MR) is 115 cm³/mol. The van der Waals surface area contributed by atoms with Crippen molar-refractivity contribution in [3.8, 4) is 5.69 Å². The summed E-state index contributed by atoms with van der Waals surface area (Å²) in [5.74, 6) is -0.437.